The lowest BCUT2D eigenvalue weighted by Crippen LogP contribution is -1.80. The van der Waals surface area contributed by atoms with Crippen molar-refractivity contribution in [1.29, 1.82) is 0 Å². The molecule has 0 aromatic heterocycles. The minimum atomic E-state index is 1.21. The molecule has 0 fully saturated rings. The number of rotatable bonds is 2. The summed E-state index contributed by atoms with van der Waals surface area (Å²) >= 11 is 0. The molecule has 0 heterocycles. The number of allylic oxidation sites excluding steroid dienone is 2. The molecule has 0 aliphatic heterocycles. The van der Waals surface area contributed by atoms with Crippen molar-refractivity contribution in [3.05, 3.63) is 47.4 Å². The molecule has 0 N–H and O–H groups in total. The number of benzene rings is 1. The van der Waals surface area contributed by atoms with E-state index in [2.05, 4.69) is 44.5 Å². The van der Waals surface area contributed by atoms with Crippen LogP contribution in [0.4, 0.5) is 0 Å². The van der Waals surface area contributed by atoms with Crippen molar-refractivity contribution in [2.24, 2.45) is 0 Å². The summed E-state index contributed by atoms with van der Waals surface area (Å²) in [4.78, 5) is 0. The van der Waals surface area contributed by atoms with Crippen LogP contribution in [-0.2, 0) is 0 Å². The summed E-state index contributed by atoms with van der Waals surface area (Å²) in [6.07, 6.45) is 4.77. The average Bonchev–Trinajstić information content (AvgIpc) is 2.46. The molecule has 0 heteroatoms. The van der Waals surface area contributed by atoms with Crippen LogP contribution in [0, 0.1) is 6.42 Å². The highest BCUT2D eigenvalue weighted by Crippen LogP contribution is 2.35. The molecule has 1 aromatic carbocycles. The van der Waals surface area contributed by atoms with Crippen molar-refractivity contribution >= 4 is 5.57 Å². The molecule has 0 unspecified atom stereocenters. The van der Waals surface area contributed by atoms with E-state index in [0.29, 0.717) is 0 Å². The van der Waals surface area contributed by atoms with E-state index in [0.717, 1.165) is 0 Å². The van der Waals surface area contributed by atoms with Crippen LogP contribution in [0.15, 0.2) is 29.8 Å². The highest BCUT2D eigenvalue weighted by molar-refractivity contribution is 5.79. The van der Waals surface area contributed by atoms with Gasteiger partial charge < -0.3 is 0 Å². The second kappa shape index (κ2) is 3.37. The van der Waals surface area contributed by atoms with E-state index in [9.17, 15) is 0 Å². The van der Waals surface area contributed by atoms with E-state index in [-0.39, 0.29) is 0 Å². The minimum absolute atomic E-state index is 1.21. The third kappa shape index (κ3) is 1.41. The first-order valence-corrected chi connectivity index (χ1v) is 4.97. The molecule has 1 aliphatic carbocycles. The van der Waals surface area contributed by atoms with Gasteiger partial charge in [-0.05, 0) is 30.0 Å². The first-order chi connectivity index (χ1) is 6.33. The van der Waals surface area contributed by atoms with Crippen LogP contribution in [0.5, 0.6) is 0 Å². The molecule has 0 spiro atoms. The van der Waals surface area contributed by atoms with Gasteiger partial charge in [-0.25, -0.2) is 0 Å². The summed E-state index contributed by atoms with van der Waals surface area (Å²) in [5, 5.41) is 0. The van der Waals surface area contributed by atoms with Gasteiger partial charge in [0.25, 0.3) is 0 Å². The maximum atomic E-state index is 2.33. The molecule has 0 amide bonds. The summed E-state index contributed by atoms with van der Waals surface area (Å²) in [5.74, 6) is 0. The average molecular weight is 171 g/mol. The molecular weight excluding hydrogens is 156 g/mol. The molecule has 2 rings (SSSR count). The zero-order valence-electron chi connectivity index (χ0n) is 8.30. The second-order valence-corrected chi connectivity index (χ2v) is 3.63. The molecule has 0 nitrogen and oxygen atoms in total. The molecule has 1 aliphatic rings. The maximum absolute atomic E-state index is 2.33. The lowest BCUT2D eigenvalue weighted by molar-refractivity contribution is 0.921. The predicted octanol–water partition coefficient (Wildman–Crippen LogP) is 3.83. The Kier molecular flexibility index (Phi) is 2.22. The van der Waals surface area contributed by atoms with Gasteiger partial charge in [-0.1, -0.05) is 43.2 Å². The monoisotopic (exact) mass is 171 g/mol. The molecule has 13 heavy (non-hydrogen) atoms. The number of hydrogen-bond acceptors (Lipinski definition) is 0. The predicted molar refractivity (Wildman–Crippen MR) is 57.3 cm³/mol. The van der Waals surface area contributed by atoms with Gasteiger partial charge in [0.2, 0.25) is 0 Å². The largest absolute Gasteiger partial charge is 0.0651 e. The van der Waals surface area contributed by atoms with Crippen molar-refractivity contribution in [2.45, 2.75) is 26.7 Å². The lowest BCUT2D eigenvalue weighted by atomic mass is 10.1. The van der Waals surface area contributed by atoms with Crippen molar-refractivity contribution in [2.75, 3.05) is 0 Å². The van der Waals surface area contributed by atoms with Crippen LogP contribution in [0.2, 0.25) is 0 Å². The van der Waals surface area contributed by atoms with E-state index in [1.54, 1.807) is 0 Å². The SMILES string of the molecule is CCCC1=C(C)c2ccccc2[CH]1. The standard InChI is InChI=1S/C13H15/c1-3-6-11-9-12-7-4-5-8-13(12)10(11)2/h4-5,7-9H,3,6H2,1-2H3. The zero-order chi connectivity index (χ0) is 9.26. The highest BCUT2D eigenvalue weighted by Gasteiger charge is 2.16. The lowest BCUT2D eigenvalue weighted by Gasteiger charge is -1.99. The fraction of sp³-hybridized carbons (Fsp3) is 0.308. The van der Waals surface area contributed by atoms with E-state index in [1.165, 1.54) is 35.1 Å². The first-order valence-electron chi connectivity index (χ1n) is 4.97. The number of fused-ring (bicyclic) bond motifs is 1. The summed E-state index contributed by atoms with van der Waals surface area (Å²) in [7, 11) is 0. The van der Waals surface area contributed by atoms with Crippen LogP contribution in [0.1, 0.15) is 37.8 Å². The molecule has 0 saturated heterocycles. The van der Waals surface area contributed by atoms with Gasteiger partial charge in [0.1, 0.15) is 0 Å². The third-order valence-electron chi connectivity index (χ3n) is 2.70. The highest BCUT2D eigenvalue weighted by atomic mass is 14.2. The van der Waals surface area contributed by atoms with Crippen molar-refractivity contribution < 1.29 is 0 Å². The summed E-state index contributed by atoms with van der Waals surface area (Å²) in [5.41, 5.74) is 5.80. The van der Waals surface area contributed by atoms with Gasteiger partial charge in [-0.2, -0.15) is 0 Å². The van der Waals surface area contributed by atoms with E-state index < -0.39 is 0 Å². The van der Waals surface area contributed by atoms with Crippen molar-refractivity contribution in [3.8, 4) is 0 Å². The Morgan fingerprint density at radius 2 is 1.92 bits per heavy atom. The summed E-state index contributed by atoms with van der Waals surface area (Å²) < 4.78 is 0. The number of hydrogen-bond donors (Lipinski definition) is 0. The fourth-order valence-electron chi connectivity index (χ4n) is 1.96. The van der Waals surface area contributed by atoms with Gasteiger partial charge in [-0.3, -0.25) is 0 Å². The van der Waals surface area contributed by atoms with Gasteiger partial charge in [0.05, 0.1) is 0 Å². The Balaban J connectivity index is 2.36. The van der Waals surface area contributed by atoms with Crippen LogP contribution < -0.4 is 0 Å². The van der Waals surface area contributed by atoms with Gasteiger partial charge >= 0.3 is 0 Å². The Bertz CT molecular complexity index is 345. The Hall–Kier alpha value is -1.04. The molecule has 67 valence electrons. The van der Waals surface area contributed by atoms with Crippen LogP contribution in [-0.4, -0.2) is 0 Å². The molecule has 0 atom stereocenters. The molecular formula is C13H15. The van der Waals surface area contributed by atoms with Crippen molar-refractivity contribution in [3.63, 3.8) is 0 Å². The van der Waals surface area contributed by atoms with Crippen molar-refractivity contribution in [1.82, 2.24) is 0 Å². The summed E-state index contributed by atoms with van der Waals surface area (Å²) in [6, 6.07) is 8.63. The molecule has 0 saturated carbocycles. The zero-order valence-corrected chi connectivity index (χ0v) is 8.30. The Morgan fingerprint density at radius 3 is 2.62 bits per heavy atom. The topological polar surface area (TPSA) is 0 Å². The van der Waals surface area contributed by atoms with Gasteiger partial charge in [0, 0.05) is 6.42 Å². The van der Waals surface area contributed by atoms with Crippen LogP contribution >= 0.6 is 0 Å². The molecule has 0 bridgehead atoms. The second-order valence-electron chi connectivity index (χ2n) is 3.63. The fourth-order valence-corrected chi connectivity index (χ4v) is 1.96. The maximum Gasteiger partial charge on any atom is 0.0167 e. The smallest absolute Gasteiger partial charge is 0.0167 e. The summed E-state index contributed by atoms with van der Waals surface area (Å²) in [6.45, 7) is 4.46. The van der Waals surface area contributed by atoms with Gasteiger partial charge in [-0.15, -0.1) is 0 Å². The van der Waals surface area contributed by atoms with E-state index in [4.69, 9.17) is 0 Å². The van der Waals surface area contributed by atoms with E-state index in [1.807, 2.05) is 0 Å². The van der Waals surface area contributed by atoms with Crippen LogP contribution in [0.25, 0.3) is 5.57 Å². The Morgan fingerprint density at radius 1 is 1.15 bits per heavy atom. The third-order valence-corrected chi connectivity index (χ3v) is 2.70. The first kappa shape index (κ1) is 8.55. The van der Waals surface area contributed by atoms with Gasteiger partial charge in [0.15, 0.2) is 0 Å². The quantitative estimate of drug-likeness (QED) is 0.634. The molecule has 1 aromatic rings. The van der Waals surface area contributed by atoms with E-state index >= 15 is 0 Å². The molecule has 1 radical (unpaired) electrons. The minimum Gasteiger partial charge on any atom is -0.0651 e. The normalized spacial score (nSPS) is 14.9. The Labute approximate surface area is 80.3 Å². The van der Waals surface area contributed by atoms with Crippen LogP contribution in [0.3, 0.4) is 0 Å².